The molecule has 116 valence electrons. The molecule has 0 amide bonds. The van der Waals surface area contributed by atoms with Crippen molar-refractivity contribution >= 4 is 38.3 Å². The van der Waals surface area contributed by atoms with Crippen molar-refractivity contribution in [2.75, 3.05) is 8.73 Å². The molecule has 0 spiro atoms. The van der Waals surface area contributed by atoms with Crippen molar-refractivity contribution in [2.24, 2.45) is 0 Å². The Hall–Kier alpha value is -1.08. The minimum atomic E-state index is -3.52. The minimum Gasteiger partial charge on any atom is -0.262 e. The number of rotatable bonds is 3. The first-order valence-corrected chi connectivity index (χ1v) is 10.2. The number of fused-ring (bicyclic) bond motifs is 1. The molecule has 5 heteroatoms. The number of hydrogen-bond acceptors (Lipinski definition) is 2. The summed E-state index contributed by atoms with van der Waals surface area (Å²) in [6, 6.07) is 13.1. The van der Waals surface area contributed by atoms with Crippen LogP contribution in [-0.4, -0.2) is 18.9 Å². The molecule has 1 aliphatic heterocycles. The molecule has 0 bridgehead atoms. The second-order valence-electron chi connectivity index (χ2n) is 5.71. The lowest BCUT2D eigenvalue weighted by molar-refractivity contribution is 0.585. The first-order chi connectivity index (χ1) is 10.4. The van der Waals surface area contributed by atoms with E-state index < -0.39 is 10.0 Å². The average molecular weight is 427 g/mol. The molecule has 0 saturated heterocycles. The fraction of sp³-hybridized carbons (Fsp3) is 0.294. The van der Waals surface area contributed by atoms with Gasteiger partial charge in [0, 0.05) is 4.43 Å². The highest BCUT2D eigenvalue weighted by atomic mass is 127. The van der Waals surface area contributed by atoms with Gasteiger partial charge < -0.3 is 0 Å². The summed E-state index contributed by atoms with van der Waals surface area (Å²) < 4.78 is 28.7. The van der Waals surface area contributed by atoms with Crippen LogP contribution in [0.1, 0.15) is 16.7 Å². The topological polar surface area (TPSA) is 37.4 Å². The number of alkyl halides is 1. The third-order valence-corrected chi connectivity index (χ3v) is 6.97. The fourth-order valence-corrected chi connectivity index (χ4v) is 5.70. The number of anilines is 1. The molecule has 0 aliphatic carbocycles. The number of hydrogen-bond donors (Lipinski definition) is 0. The van der Waals surface area contributed by atoms with Gasteiger partial charge in [0.1, 0.15) is 0 Å². The smallest absolute Gasteiger partial charge is 0.262 e. The number of para-hydroxylation sites is 1. The summed E-state index contributed by atoms with van der Waals surface area (Å²) in [5, 5.41) is 0. The van der Waals surface area contributed by atoms with E-state index in [2.05, 4.69) is 22.6 Å². The minimum absolute atomic E-state index is 0.0111. The zero-order chi connectivity index (χ0) is 15.9. The Morgan fingerprint density at radius 3 is 2.45 bits per heavy atom. The summed E-state index contributed by atoms with van der Waals surface area (Å²) in [4.78, 5) is 0.365. The van der Waals surface area contributed by atoms with Crippen LogP contribution in [0.5, 0.6) is 0 Å². The lowest BCUT2D eigenvalue weighted by atomic mass is 10.1. The molecule has 0 N–H and O–H groups in total. The molecule has 1 heterocycles. The molecule has 2 aromatic carbocycles. The number of sulfonamides is 1. The Balaban J connectivity index is 2.15. The summed E-state index contributed by atoms with van der Waals surface area (Å²) in [6.45, 7) is 3.94. The van der Waals surface area contributed by atoms with Crippen LogP contribution in [0.2, 0.25) is 0 Å². The molecular weight excluding hydrogens is 409 g/mol. The lowest BCUT2D eigenvalue weighted by Gasteiger charge is -2.27. The summed E-state index contributed by atoms with van der Waals surface area (Å²) in [5.74, 6) is 0. The molecular formula is C17H18INO2S. The second kappa shape index (κ2) is 5.85. The maximum atomic E-state index is 13.2. The monoisotopic (exact) mass is 427 g/mol. The van der Waals surface area contributed by atoms with E-state index in [0.717, 1.165) is 33.2 Å². The lowest BCUT2D eigenvalue weighted by Crippen LogP contribution is -2.39. The van der Waals surface area contributed by atoms with Crippen LogP contribution in [0.15, 0.2) is 47.4 Å². The predicted molar refractivity (Wildman–Crippen MR) is 98.4 cm³/mol. The number of benzene rings is 2. The van der Waals surface area contributed by atoms with Gasteiger partial charge in [0.2, 0.25) is 0 Å². The molecule has 0 fully saturated rings. The molecule has 0 aromatic heterocycles. The number of nitrogens with zero attached hydrogens (tertiary/aromatic N) is 1. The van der Waals surface area contributed by atoms with E-state index in [1.54, 1.807) is 16.4 Å². The van der Waals surface area contributed by atoms with Gasteiger partial charge in [-0.3, -0.25) is 4.31 Å². The maximum Gasteiger partial charge on any atom is 0.264 e. The summed E-state index contributed by atoms with van der Waals surface area (Å²) >= 11 is 2.27. The van der Waals surface area contributed by atoms with Gasteiger partial charge in [-0.05, 0) is 43.5 Å². The van der Waals surface area contributed by atoms with Crippen molar-refractivity contribution in [2.45, 2.75) is 31.2 Å². The second-order valence-corrected chi connectivity index (χ2v) is 8.40. The average Bonchev–Trinajstić information content (AvgIpc) is 2.88. The highest BCUT2D eigenvalue weighted by Crippen LogP contribution is 2.39. The van der Waals surface area contributed by atoms with Gasteiger partial charge >= 0.3 is 0 Å². The van der Waals surface area contributed by atoms with Crippen molar-refractivity contribution in [3.05, 3.63) is 59.2 Å². The molecule has 0 radical (unpaired) electrons. The Morgan fingerprint density at radius 1 is 1.14 bits per heavy atom. The van der Waals surface area contributed by atoms with E-state index in [9.17, 15) is 8.42 Å². The highest BCUT2D eigenvalue weighted by Gasteiger charge is 2.38. The van der Waals surface area contributed by atoms with Crippen LogP contribution < -0.4 is 4.31 Å². The number of halogens is 1. The predicted octanol–water partition coefficient (Wildman–Crippen LogP) is 3.86. The van der Waals surface area contributed by atoms with E-state index in [-0.39, 0.29) is 6.04 Å². The third kappa shape index (κ3) is 2.54. The Labute approximate surface area is 145 Å². The van der Waals surface area contributed by atoms with Crippen LogP contribution in [-0.2, 0) is 16.4 Å². The molecule has 1 atom stereocenters. The van der Waals surface area contributed by atoms with Gasteiger partial charge in [-0.15, -0.1) is 0 Å². The van der Waals surface area contributed by atoms with Gasteiger partial charge in [-0.25, -0.2) is 8.42 Å². The van der Waals surface area contributed by atoms with Gasteiger partial charge in [0.15, 0.2) is 0 Å². The summed E-state index contributed by atoms with van der Waals surface area (Å²) in [7, 11) is -3.52. The fourth-order valence-electron chi connectivity index (χ4n) is 2.98. The van der Waals surface area contributed by atoms with Crippen molar-refractivity contribution in [1.82, 2.24) is 0 Å². The van der Waals surface area contributed by atoms with E-state index in [4.69, 9.17) is 0 Å². The van der Waals surface area contributed by atoms with Crippen LogP contribution in [0.3, 0.4) is 0 Å². The van der Waals surface area contributed by atoms with Crippen molar-refractivity contribution in [3.63, 3.8) is 0 Å². The van der Waals surface area contributed by atoms with E-state index in [1.165, 1.54) is 0 Å². The van der Waals surface area contributed by atoms with Crippen LogP contribution in [0.25, 0.3) is 0 Å². The third-order valence-electron chi connectivity index (χ3n) is 4.08. The van der Waals surface area contributed by atoms with Crippen molar-refractivity contribution in [3.8, 4) is 0 Å². The summed E-state index contributed by atoms with van der Waals surface area (Å²) in [5.41, 5.74) is 4.06. The normalized spacial score (nSPS) is 17.6. The Morgan fingerprint density at radius 2 is 1.82 bits per heavy atom. The SMILES string of the molecule is Cc1ccc(S(=O)(=O)N2c3c(C)cccc3CC2CI)cc1. The van der Waals surface area contributed by atoms with E-state index >= 15 is 0 Å². The first kappa shape index (κ1) is 15.8. The van der Waals surface area contributed by atoms with E-state index in [1.807, 2.05) is 44.2 Å². The maximum absolute atomic E-state index is 13.2. The largest absolute Gasteiger partial charge is 0.264 e. The van der Waals surface area contributed by atoms with Crippen molar-refractivity contribution in [1.29, 1.82) is 0 Å². The van der Waals surface area contributed by atoms with Crippen LogP contribution >= 0.6 is 22.6 Å². The molecule has 0 saturated carbocycles. The van der Waals surface area contributed by atoms with Crippen molar-refractivity contribution < 1.29 is 8.42 Å². The zero-order valence-corrected chi connectivity index (χ0v) is 15.6. The molecule has 22 heavy (non-hydrogen) atoms. The number of aryl methyl sites for hydroxylation is 2. The first-order valence-electron chi connectivity index (χ1n) is 7.20. The standard InChI is InChI=1S/C17H18INO2S/c1-12-6-8-16(9-7-12)22(20,21)19-15(11-18)10-14-5-3-4-13(2)17(14)19/h3-9,15H,10-11H2,1-2H3. The van der Waals surface area contributed by atoms with Crippen LogP contribution in [0.4, 0.5) is 5.69 Å². The Bertz CT molecular complexity index is 800. The highest BCUT2D eigenvalue weighted by molar-refractivity contribution is 14.1. The van der Waals surface area contributed by atoms with Gasteiger partial charge in [-0.1, -0.05) is 58.5 Å². The van der Waals surface area contributed by atoms with Gasteiger partial charge in [0.05, 0.1) is 16.6 Å². The Kier molecular flexibility index (Phi) is 4.20. The zero-order valence-electron chi connectivity index (χ0n) is 12.6. The molecule has 2 aromatic rings. The quantitative estimate of drug-likeness (QED) is 0.551. The molecule has 1 unspecified atom stereocenters. The van der Waals surface area contributed by atoms with Gasteiger partial charge in [-0.2, -0.15) is 0 Å². The van der Waals surface area contributed by atoms with Crippen LogP contribution in [0, 0.1) is 13.8 Å². The summed E-state index contributed by atoms with van der Waals surface area (Å²) in [6.07, 6.45) is 0.783. The molecule has 1 aliphatic rings. The molecule has 3 rings (SSSR count). The van der Waals surface area contributed by atoms with E-state index in [0.29, 0.717) is 4.90 Å². The molecule has 3 nitrogen and oxygen atoms in total. The van der Waals surface area contributed by atoms with Gasteiger partial charge in [0.25, 0.3) is 10.0 Å².